The summed E-state index contributed by atoms with van der Waals surface area (Å²) >= 11 is 0. The van der Waals surface area contributed by atoms with Crippen molar-refractivity contribution in [3.63, 3.8) is 0 Å². The molecule has 3 heterocycles. The van der Waals surface area contributed by atoms with Gasteiger partial charge in [-0.1, -0.05) is 37.3 Å². The van der Waals surface area contributed by atoms with Gasteiger partial charge in [0.1, 0.15) is 5.82 Å². The summed E-state index contributed by atoms with van der Waals surface area (Å²) in [6.07, 6.45) is 7.73. The van der Waals surface area contributed by atoms with E-state index >= 15 is 0 Å². The number of fused-ring (bicyclic) bond motifs is 1. The predicted molar refractivity (Wildman–Crippen MR) is 148 cm³/mol. The van der Waals surface area contributed by atoms with Crippen LogP contribution in [0.25, 0.3) is 10.9 Å². The monoisotopic (exact) mass is 504 g/mol. The Labute approximate surface area is 220 Å². The van der Waals surface area contributed by atoms with Gasteiger partial charge in [0, 0.05) is 63.6 Å². The molecule has 0 N–H and O–H groups in total. The zero-order chi connectivity index (χ0) is 25.8. The number of piperidine rings is 2. The van der Waals surface area contributed by atoms with Crippen LogP contribution < -0.4 is 0 Å². The summed E-state index contributed by atoms with van der Waals surface area (Å²) in [5, 5.41) is 1.23. The zero-order valence-corrected chi connectivity index (χ0v) is 22.4. The molecule has 2 saturated heterocycles. The number of rotatable bonds is 8. The molecule has 0 unspecified atom stereocenters. The number of likely N-dealkylation sites (N-methyl/N-ethyl adjacent to an activating group) is 1. The highest BCUT2D eigenvalue weighted by Gasteiger charge is 2.25. The maximum absolute atomic E-state index is 14.0. The van der Waals surface area contributed by atoms with E-state index in [1.807, 2.05) is 24.1 Å². The van der Waals surface area contributed by atoms with Crippen LogP contribution in [-0.4, -0.2) is 77.5 Å². The van der Waals surface area contributed by atoms with Crippen molar-refractivity contribution >= 4 is 16.8 Å². The van der Waals surface area contributed by atoms with Gasteiger partial charge >= 0.3 is 0 Å². The minimum atomic E-state index is -0.0986. The minimum absolute atomic E-state index is 0.0986. The third kappa shape index (κ3) is 6.07. The number of halogens is 1. The molecule has 198 valence electrons. The number of carbonyl (C=O) groups excluding carboxylic acids is 1. The van der Waals surface area contributed by atoms with E-state index in [4.69, 9.17) is 0 Å². The predicted octanol–water partition coefficient (Wildman–Crippen LogP) is 5.15. The average Bonchev–Trinajstić information content (AvgIpc) is 3.36. The molecule has 0 bridgehead atoms. The lowest BCUT2D eigenvalue weighted by atomic mass is 10.0. The van der Waals surface area contributed by atoms with Crippen LogP contribution in [0.15, 0.2) is 54.7 Å². The lowest BCUT2D eigenvalue weighted by molar-refractivity contribution is -0.132. The van der Waals surface area contributed by atoms with Crippen molar-refractivity contribution in [2.75, 3.05) is 46.3 Å². The van der Waals surface area contributed by atoms with E-state index in [1.54, 1.807) is 12.1 Å². The van der Waals surface area contributed by atoms with E-state index in [1.165, 1.54) is 10.9 Å². The molecule has 2 aliphatic rings. The fourth-order valence-electron chi connectivity index (χ4n) is 6.15. The molecule has 1 aromatic heterocycles. The SMILES string of the molecule is CCN1CCC(N(C)C(=O)Cc2ccc3ccn(C4CCN(CCc5ccccc5F)CC4)c3c2)CC1. The highest BCUT2D eigenvalue weighted by Crippen LogP contribution is 2.29. The van der Waals surface area contributed by atoms with E-state index < -0.39 is 0 Å². The normalized spacial score (nSPS) is 18.5. The number of hydrogen-bond donors (Lipinski definition) is 0. The highest BCUT2D eigenvalue weighted by molar-refractivity contribution is 5.84. The van der Waals surface area contributed by atoms with Gasteiger partial charge in [0.05, 0.1) is 6.42 Å². The topological polar surface area (TPSA) is 31.7 Å². The maximum atomic E-state index is 14.0. The highest BCUT2D eigenvalue weighted by atomic mass is 19.1. The first-order chi connectivity index (χ1) is 18.0. The molecule has 0 atom stereocenters. The Balaban J connectivity index is 1.18. The number of amides is 1. The average molecular weight is 505 g/mol. The molecule has 2 aliphatic heterocycles. The molecule has 6 heteroatoms. The first-order valence-corrected chi connectivity index (χ1v) is 14.0. The van der Waals surface area contributed by atoms with Crippen molar-refractivity contribution in [2.45, 2.75) is 57.5 Å². The molecule has 0 aliphatic carbocycles. The van der Waals surface area contributed by atoms with E-state index in [-0.39, 0.29) is 11.7 Å². The number of aromatic nitrogens is 1. The zero-order valence-electron chi connectivity index (χ0n) is 22.4. The second-order valence-corrected chi connectivity index (χ2v) is 10.9. The van der Waals surface area contributed by atoms with Crippen LogP contribution >= 0.6 is 0 Å². The number of benzene rings is 2. The van der Waals surface area contributed by atoms with E-state index in [2.05, 4.69) is 51.8 Å². The van der Waals surface area contributed by atoms with Gasteiger partial charge in [0.15, 0.2) is 0 Å². The fraction of sp³-hybridized carbons (Fsp3) is 0.516. The summed E-state index contributed by atoms with van der Waals surface area (Å²) in [7, 11) is 1.98. The molecule has 0 saturated carbocycles. The standard InChI is InChI=1S/C31H41FN4O/c1-3-34-17-12-27(13-18-34)33(2)31(37)23-24-8-9-26-11-21-36(30(26)22-24)28-14-19-35(20-15-28)16-10-25-6-4-5-7-29(25)32/h4-9,11,21-22,27-28H,3,10,12-20,23H2,1-2H3. The summed E-state index contributed by atoms with van der Waals surface area (Å²) < 4.78 is 16.4. The van der Waals surface area contributed by atoms with Gasteiger partial charge in [-0.15, -0.1) is 0 Å². The Morgan fingerprint density at radius 3 is 2.43 bits per heavy atom. The molecule has 0 spiro atoms. The molecule has 0 radical (unpaired) electrons. The summed E-state index contributed by atoms with van der Waals surface area (Å²) in [6, 6.07) is 16.6. The van der Waals surface area contributed by atoms with Crippen LogP contribution in [0.1, 0.15) is 49.8 Å². The van der Waals surface area contributed by atoms with Gasteiger partial charge in [0.2, 0.25) is 5.91 Å². The summed E-state index contributed by atoms with van der Waals surface area (Å²) in [4.78, 5) is 20.0. The number of nitrogens with zero attached hydrogens (tertiary/aromatic N) is 4. The van der Waals surface area contributed by atoms with Gasteiger partial charge < -0.3 is 19.3 Å². The Morgan fingerprint density at radius 1 is 0.973 bits per heavy atom. The van der Waals surface area contributed by atoms with Crippen LogP contribution in [0.3, 0.4) is 0 Å². The van der Waals surface area contributed by atoms with Crippen molar-refractivity contribution < 1.29 is 9.18 Å². The van der Waals surface area contributed by atoms with Crippen molar-refractivity contribution in [1.29, 1.82) is 0 Å². The lowest BCUT2D eigenvalue weighted by Crippen LogP contribution is -2.45. The Bertz CT molecular complexity index is 1190. The molecular weight excluding hydrogens is 463 g/mol. The van der Waals surface area contributed by atoms with Crippen molar-refractivity contribution in [2.24, 2.45) is 0 Å². The summed E-state index contributed by atoms with van der Waals surface area (Å²) in [5.41, 5.74) is 3.13. The lowest BCUT2D eigenvalue weighted by Gasteiger charge is -2.36. The van der Waals surface area contributed by atoms with Crippen molar-refractivity contribution in [3.05, 3.63) is 71.7 Å². The number of carbonyl (C=O) groups is 1. The number of hydrogen-bond acceptors (Lipinski definition) is 3. The van der Waals surface area contributed by atoms with Crippen molar-refractivity contribution in [1.82, 2.24) is 19.3 Å². The van der Waals surface area contributed by atoms with Gasteiger partial charge in [-0.3, -0.25) is 4.79 Å². The summed E-state index contributed by atoms with van der Waals surface area (Å²) in [5.74, 6) is 0.120. The molecule has 37 heavy (non-hydrogen) atoms. The third-order valence-corrected chi connectivity index (χ3v) is 8.69. The van der Waals surface area contributed by atoms with Gasteiger partial charge in [-0.25, -0.2) is 4.39 Å². The van der Waals surface area contributed by atoms with E-state index in [0.29, 0.717) is 18.5 Å². The summed E-state index contributed by atoms with van der Waals surface area (Å²) in [6.45, 7) is 8.42. The van der Waals surface area contributed by atoms with Gasteiger partial charge in [0.25, 0.3) is 0 Å². The fourth-order valence-corrected chi connectivity index (χ4v) is 6.15. The second kappa shape index (κ2) is 11.8. The van der Waals surface area contributed by atoms with E-state index in [9.17, 15) is 9.18 Å². The Hall–Kier alpha value is -2.70. The largest absolute Gasteiger partial charge is 0.344 e. The smallest absolute Gasteiger partial charge is 0.226 e. The second-order valence-electron chi connectivity index (χ2n) is 10.9. The molecule has 3 aromatic rings. The van der Waals surface area contributed by atoms with E-state index in [0.717, 1.165) is 82.5 Å². The first kappa shape index (κ1) is 25.9. The van der Waals surface area contributed by atoms with Crippen LogP contribution in [-0.2, 0) is 17.6 Å². The number of likely N-dealkylation sites (tertiary alicyclic amines) is 2. The minimum Gasteiger partial charge on any atom is -0.344 e. The molecule has 5 rings (SSSR count). The molecule has 2 fully saturated rings. The quantitative estimate of drug-likeness (QED) is 0.426. The molecular formula is C31H41FN4O. The Morgan fingerprint density at radius 2 is 1.70 bits per heavy atom. The van der Waals surface area contributed by atoms with Crippen molar-refractivity contribution in [3.8, 4) is 0 Å². The van der Waals surface area contributed by atoms with Crippen LogP contribution in [0.5, 0.6) is 0 Å². The van der Waals surface area contributed by atoms with Gasteiger partial charge in [-0.05, 0) is 73.4 Å². The molecule has 1 amide bonds. The van der Waals surface area contributed by atoms with Gasteiger partial charge in [-0.2, -0.15) is 0 Å². The first-order valence-electron chi connectivity index (χ1n) is 14.0. The Kier molecular flexibility index (Phi) is 8.26. The van der Waals surface area contributed by atoms with Crippen LogP contribution in [0.2, 0.25) is 0 Å². The third-order valence-electron chi connectivity index (χ3n) is 8.69. The molecule has 2 aromatic carbocycles. The molecule has 5 nitrogen and oxygen atoms in total. The van der Waals surface area contributed by atoms with Crippen LogP contribution in [0, 0.1) is 5.82 Å². The van der Waals surface area contributed by atoms with Crippen LogP contribution in [0.4, 0.5) is 4.39 Å². The maximum Gasteiger partial charge on any atom is 0.226 e.